The number of carbonyl (C=O) groups is 2. The SMILES string of the molecule is COc1cccc(OC)c1C(=O)OCC(=O)NCCc1ccc(Cl)cc1. The lowest BCUT2D eigenvalue weighted by Crippen LogP contribution is -2.30. The predicted octanol–water partition coefficient (Wildman–Crippen LogP) is 2.87. The molecule has 1 N–H and O–H groups in total. The number of nitrogens with one attached hydrogen (secondary N) is 1. The fourth-order valence-electron chi connectivity index (χ4n) is 2.30. The lowest BCUT2D eigenvalue weighted by Gasteiger charge is -2.12. The summed E-state index contributed by atoms with van der Waals surface area (Å²) in [6.07, 6.45) is 0.650. The van der Waals surface area contributed by atoms with Gasteiger partial charge in [-0.3, -0.25) is 4.79 Å². The number of benzene rings is 2. The lowest BCUT2D eigenvalue weighted by molar-refractivity contribution is -0.124. The van der Waals surface area contributed by atoms with Gasteiger partial charge in [0.2, 0.25) is 0 Å². The zero-order chi connectivity index (χ0) is 18.9. The quantitative estimate of drug-likeness (QED) is 0.716. The van der Waals surface area contributed by atoms with Gasteiger partial charge in [-0.25, -0.2) is 4.79 Å². The second-order valence-corrected chi connectivity index (χ2v) is 5.78. The van der Waals surface area contributed by atoms with Crippen molar-refractivity contribution in [1.82, 2.24) is 5.32 Å². The van der Waals surface area contributed by atoms with Gasteiger partial charge < -0.3 is 19.5 Å². The summed E-state index contributed by atoms with van der Waals surface area (Å²) in [6.45, 7) is 0.0383. The van der Waals surface area contributed by atoms with Crippen LogP contribution in [0.4, 0.5) is 0 Å². The Hall–Kier alpha value is -2.73. The molecule has 0 heterocycles. The number of halogens is 1. The van der Waals surface area contributed by atoms with Gasteiger partial charge >= 0.3 is 5.97 Å². The summed E-state index contributed by atoms with van der Waals surface area (Å²) in [7, 11) is 2.88. The third kappa shape index (κ3) is 5.39. The third-order valence-electron chi connectivity index (χ3n) is 3.62. The normalized spacial score (nSPS) is 10.1. The summed E-state index contributed by atoms with van der Waals surface area (Å²) < 4.78 is 15.4. The van der Waals surface area contributed by atoms with Crippen molar-refractivity contribution >= 4 is 23.5 Å². The maximum absolute atomic E-state index is 12.3. The van der Waals surface area contributed by atoms with E-state index >= 15 is 0 Å². The minimum atomic E-state index is -0.688. The molecule has 0 bridgehead atoms. The van der Waals surface area contributed by atoms with E-state index in [2.05, 4.69) is 5.32 Å². The predicted molar refractivity (Wildman–Crippen MR) is 98.0 cm³/mol. The van der Waals surface area contributed by atoms with Gasteiger partial charge in [-0.15, -0.1) is 0 Å². The van der Waals surface area contributed by atoms with Crippen LogP contribution in [0, 0.1) is 0 Å². The van der Waals surface area contributed by atoms with Gasteiger partial charge in [-0.1, -0.05) is 29.8 Å². The summed E-state index contributed by atoms with van der Waals surface area (Å²) in [5.74, 6) is -0.441. The minimum Gasteiger partial charge on any atom is -0.496 e. The summed E-state index contributed by atoms with van der Waals surface area (Å²) in [5, 5.41) is 3.36. The Bertz CT molecular complexity index is 739. The molecule has 0 radical (unpaired) electrons. The first kappa shape index (κ1) is 19.6. The number of rotatable bonds is 8. The highest BCUT2D eigenvalue weighted by Crippen LogP contribution is 2.28. The van der Waals surface area contributed by atoms with Gasteiger partial charge in [0.15, 0.2) is 6.61 Å². The number of methoxy groups -OCH3 is 2. The molecule has 0 aromatic heterocycles. The zero-order valence-electron chi connectivity index (χ0n) is 14.6. The number of hydrogen-bond acceptors (Lipinski definition) is 5. The van der Waals surface area contributed by atoms with Crippen molar-refractivity contribution in [3.8, 4) is 11.5 Å². The maximum Gasteiger partial charge on any atom is 0.346 e. The highest BCUT2D eigenvalue weighted by atomic mass is 35.5. The van der Waals surface area contributed by atoms with Crippen molar-refractivity contribution < 1.29 is 23.8 Å². The smallest absolute Gasteiger partial charge is 0.346 e. The first-order chi connectivity index (χ1) is 12.5. The summed E-state index contributed by atoms with van der Waals surface area (Å²) in [6, 6.07) is 12.3. The number of ether oxygens (including phenoxy) is 3. The summed E-state index contributed by atoms with van der Waals surface area (Å²) >= 11 is 5.82. The second-order valence-electron chi connectivity index (χ2n) is 5.34. The zero-order valence-corrected chi connectivity index (χ0v) is 15.3. The van der Waals surface area contributed by atoms with Crippen LogP contribution in [0.3, 0.4) is 0 Å². The first-order valence-corrected chi connectivity index (χ1v) is 8.32. The Morgan fingerprint density at radius 2 is 1.62 bits per heavy atom. The Morgan fingerprint density at radius 1 is 1.00 bits per heavy atom. The minimum absolute atomic E-state index is 0.145. The van der Waals surface area contributed by atoms with Crippen LogP contribution in [-0.2, 0) is 16.0 Å². The van der Waals surface area contributed by atoms with E-state index < -0.39 is 5.97 Å². The largest absolute Gasteiger partial charge is 0.496 e. The molecule has 0 saturated heterocycles. The van der Waals surface area contributed by atoms with Crippen LogP contribution < -0.4 is 14.8 Å². The lowest BCUT2D eigenvalue weighted by atomic mass is 10.1. The molecule has 0 saturated carbocycles. The van der Waals surface area contributed by atoms with Crippen LogP contribution in [0.5, 0.6) is 11.5 Å². The third-order valence-corrected chi connectivity index (χ3v) is 3.87. The molecule has 7 heteroatoms. The van der Waals surface area contributed by atoms with Crippen LogP contribution in [0.2, 0.25) is 5.02 Å². The number of carbonyl (C=O) groups excluding carboxylic acids is 2. The molecule has 1 amide bonds. The van der Waals surface area contributed by atoms with E-state index in [-0.39, 0.29) is 18.1 Å². The topological polar surface area (TPSA) is 73.9 Å². The van der Waals surface area contributed by atoms with Gasteiger partial charge in [0.05, 0.1) is 14.2 Å². The van der Waals surface area contributed by atoms with Crippen molar-refractivity contribution in [3.63, 3.8) is 0 Å². The Balaban J connectivity index is 1.83. The fraction of sp³-hybridized carbons (Fsp3) is 0.263. The Kier molecular flexibility index (Phi) is 7.29. The van der Waals surface area contributed by atoms with E-state index in [9.17, 15) is 9.59 Å². The molecular formula is C19H20ClNO5. The molecule has 0 aliphatic heterocycles. The van der Waals surface area contributed by atoms with Gasteiger partial charge in [0.25, 0.3) is 5.91 Å². The molecule has 0 aliphatic carbocycles. The molecule has 2 aromatic carbocycles. The van der Waals surface area contributed by atoms with Crippen LogP contribution in [0.25, 0.3) is 0 Å². The van der Waals surface area contributed by atoms with Crippen LogP contribution in [-0.4, -0.2) is 39.2 Å². The van der Waals surface area contributed by atoms with Crippen molar-refractivity contribution in [2.45, 2.75) is 6.42 Å². The molecule has 6 nitrogen and oxygen atoms in total. The molecule has 0 atom stereocenters. The fourth-order valence-corrected chi connectivity index (χ4v) is 2.43. The van der Waals surface area contributed by atoms with E-state index in [4.69, 9.17) is 25.8 Å². The molecule has 0 unspecified atom stereocenters. The second kappa shape index (κ2) is 9.68. The van der Waals surface area contributed by atoms with E-state index in [1.807, 2.05) is 12.1 Å². The van der Waals surface area contributed by atoms with Crippen molar-refractivity contribution in [2.75, 3.05) is 27.4 Å². The van der Waals surface area contributed by atoms with Crippen LogP contribution in [0.1, 0.15) is 15.9 Å². The molecule has 0 spiro atoms. The molecule has 26 heavy (non-hydrogen) atoms. The van der Waals surface area contributed by atoms with E-state index in [0.717, 1.165) is 5.56 Å². The van der Waals surface area contributed by atoms with Gasteiger partial charge in [0, 0.05) is 11.6 Å². The Labute approximate surface area is 157 Å². The van der Waals surface area contributed by atoms with Crippen molar-refractivity contribution in [2.24, 2.45) is 0 Å². The van der Waals surface area contributed by atoms with E-state index in [1.54, 1.807) is 30.3 Å². The molecule has 0 aliphatic rings. The van der Waals surface area contributed by atoms with Crippen LogP contribution in [0.15, 0.2) is 42.5 Å². The first-order valence-electron chi connectivity index (χ1n) is 7.94. The van der Waals surface area contributed by atoms with Gasteiger partial charge in [-0.2, -0.15) is 0 Å². The van der Waals surface area contributed by atoms with Crippen molar-refractivity contribution in [1.29, 1.82) is 0 Å². The highest BCUT2D eigenvalue weighted by Gasteiger charge is 2.20. The number of esters is 1. The molecule has 2 aromatic rings. The Morgan fingerprint density at radius 3 is 2.19 bits per heavy atom. The average molecular weight is 378 g/mol. The highest BCUT2D eigenvalue weighted by molar-refractivity contribution is 6.30. The number of hydrogen-bond donors (Lipinski definition) is 1. The van der Waals surface area contributed by atoms with Crippen LogP contribution >= 0.6 is 11.6 Å². The molecule has 2 rings (SSSR count). The maximum atomic E-state index is 12.3. The number of amides is 1. The molecular weight excluding hydrogens is 358 g/mol. The monoisotopic (exact) mass is 377 g/mol. The van der Waals surface area contributed by atoms with E-state index in [0.29, 0.717) is 29.5 Å². The summed E-state index contributed by atoms with van der Waals surface area (Å²) in [4.78, 5) is 24.1. The average Bonchev–Trinajstić information content (AvgIpc) is 2.66. The van der Waals surface area contributed by atoms with Gasteiger partial charge in [0.1, 0.15) is 17.1 Å². The van der Waals surface area contributed by atoms with Crippen molar-refractivity contribution in [3.05, 3.63) is 58.6 Å². The molecule has 138 valence electrons. The molecule has 0 fully saturated rings. The van der Waals surface area contributed by atoms with E-state index in [1.165, 1.54) is 14.2 Å². The van der Waals surface area contributed by atoms with Gasteiger partial charge in [-0.05, 0) is 36.2 Å². The summed E-state index contributed by atoms with van der Waals surface area (Å²) in [5.41, 5.74) is 1.19. The standard InChI is InChI=1S/C19H20ClNO5/c1-24-15-4-3-5-16(25-2)18(15)19(23)26-12-17(22)21-11-10-13-6-8-14(20)9-7-13/h3-9H,10-12H2,1-2H3,(H,21,22).